The number of nitrogens with zero attached hydrogens (tertiary/aromatic N) is 2. The molecular weight excluding hydrogens is 420 g/mol. The van der Waals surface area contributed by atoms with Gasteiger partial charge in [0.05, 0.1) is 18.7 Å². The van der Waals surface area contributed by atoms with Crippen LogP contribution in [0.5, 0.6) is 11.5 Å². The number of likely N-dealkylation sites (tertiary alicyclic amines) is 1. The number of benzene rings is 2. The number of hydrogen-bond acceptors (Lipinski definition) is 6. The maximum absolute atomic E-state index is 13.1. The molecule has 0 aromatic heterocycles. The Labute approximate surface area is 194 Å². The Bertz CT molecular complexity index is 1030. The van der Waals surface area contributed by atoms with Crippen molar-refractivity contribution in [2.75, 3.05) is 40.9 Å². The number of methoxy groups -OCH3 is 1. The third kappa shape index (κ3) is 5.43. The average molecular weight is 451 g/mol. The molecule has 1 N–H and O–H groups in total. The Morgan fingerprint density at radius 1 is 1.09 bits per heavy atom. The zero-order chi connectivity index (χ0) is 24.0. The molecule has 2 aromatic rings. The standard InChI is InChI=1S/C26H30N2O5/c1-5-17-33-21-13-9-19(10-14-21)24(29)22-23(18-7-11-20(32-4)12-8-18)28(26(31)25(22)30)16-6-15-27(2)3/h5,7-14,23,29H,1,6,15-17H2,2-4H3/t23-/m1/s1. The molecule has 0 unspecified atom stereocenters. The van der Waals surface area contributed by atoms with Crippen LogP contribution in [0.2, 0.25) is 0 Å². The molecule has 7 nitrogen and oxygen atoms in total. The fourth-order valence-corrected chi connectivity index (χ4v) is 3.82. The highest BCUT2D eigenvalue weighted by Crippen LogP contribution is 2.40. The first kappa shape index (κ1) is 24.1. The molecule has 2 aromatic carbocycles. The van der Waals surface area contributed by atoms with Crippen LogP contribution in [0, 0.1) is 0 Å². The average Bonchev–Trinajstić information content (AvgIpc) is 3.07. The summed E-state index contributed by atoms with van der Waals surface area (Å²) in [4.78, 5) is 29.6. The Balaban J connectivity index is 2.02. The quantitative estimate of drug-likeness (QED) is 0.258. The minimum Gasteiger partial charge on any atom is -0.507 e. The molecule has 174 valence electrons. The Kier molecular flexibility index (Phi) is 7.90. The van der Waals surface area contributed by atoms with Gasteiger partial charge in [-0.1, -0.05) is 24.8 Å². The molecule has 0 saturated carbocycles. The monoisotopic (exact) mass is 450 g/mol. The zero-order valence-electron chi connectivity index (χ0n) is 19.3. The van der Waals surface area contributed by atoms with E-state index in [2.05, 4.69) is 6.58 Å². The molecule has 0 aliphatic carbocycles. The van der Waals surface area contributed by atoms with Crippen LogP contribution in [-0.2, 0) is 9.59 Å². The summed E-state index contributed by atoms with van der Waals surface area (Å²) >= 11 is 0. The second kappa shape index (κ2) is 10.8. The van der Waals surface area contributed by atoms with E-state index >= 15 is 0 Å². The van der Waals surface area contributed by atoms with Gasteiger partial charge in [0.15, 0.2) is 0 Å². The van der Waals surface area contributed by atoms with E-state index in [1.807, 2.05) is 31.1 Å². The molecule has 0 radical (unpaired) electrons. The summed E-state index contributed by atoms with van der Waals surface area (Å²) in [6.07, 6.45) is 2.34. The van der Waals surface area contributed by atoms with Crippen LogP contribution < -0.4 is 9.47 Å². The second-order valence-corrected chi connectivity index (χ2v) is 8.05. The molecule has 0 spiro atoms. The van der Waals surface area contributed by atoms with Crippen molar-refractivity contribution < 1.29 is 24.2 Å². The number of rotatable bonds is 10. The number of hydrogen-bond donors (Lipinski definition) is 1. The smallest absolute Gasteiger partial charge is 0.295 e. The first-order valence-corrected chi connectivity index (χ1v) is 10.8. The van der Waals surface area contributed by atoms with Crippen molar-refractivity contribution in [3.63, 3.8) is 0 Å². The van der Waals surface area contributed by atoms with Gasteiger partial charge in [0, 0.05) is 12.1 Å². The van der Waals surface area contributed by atoms with E-state index in [4.69, 9.17) is 9.47 Å². The third-order valence-electron chi connectivity index (χ3n) is 5.47. The number of ketones is 1. The summed E-state index contributed by atoms with van der Waals surface area (Å²) in [6.45, 7) is 5.14. The summed E-state index contributed by atoms with van der Waals surface area (Å²) in [5, 5.41) is 11.1. The molecule has 1 aliphatic rings. The van der Waals surface area contributed by atoms with E-state index in [0.717, 1.165) is 12.1 Å². The summed E-state index contributed by atoms with van der Waals surface area (Å²) in [5.74, 6) is -0.229. The van der Waals surface area contributed by atoms with Gasteiger partial charge in [-0.25, -0.2) is 0 Å². The Morgan fingerprint density at radius 2 is 1.73 bits per heavy atom. The van der Waals surface area contributed by atoms with Crippen LogP contribution in [0.1, 0.15) is 23.6 Å². The topological polar surface area (TPSA) is 79.3 Å². The van der Waals surface area contributed by atoms with Gasteiger partial charge in [-0.2, -0.15) is 0 Å². The van der Waals surface area contributed by atoms with Gasteiger partial charge in [0.25, 0.3) is 11.7 Å². The molecule has 7 heteroatoms. The van der Waals surface area contributed by atoms with Crippen LogP contribution >= 0.6 is 0 Å². The molecule has 0 bridgehead atoms. The van der Waals surface area contributed by atoms with Crippen molar-refractivity contribution in [2.24, 2.45) is 0 Å². The highest BCUT2D eigenvalue weighted by Gasteiger charge is 2.45. The van der Waals surface area contributed by atoms with Crippen LogP contribution in [0.25, 0.3) is 5.76 Å². The molecule has 1 saturated heterocycles. The highest BCUT2D eigenvalue weighted by atomic mass is 16.5. The minimum atomic E-state index is -0.690. The third-order valence-corrected chi connectivity index (χ3v) is 5.47. The van der Waals surface area contributed by atoms with Crippen LogP contribution in [-0.4, -0.2) is 67.5 Å². The number of amides is 1. The van der Waals surface area contributed by atoms with E-state index in [0.29, 0.717) is 36.6 Å². The van der Waals surface area contributed by atoms with E-state index in [1.165, 1.54) is 0 Å². The van der Waals surface area contributed by atoms with Gasteiger partial charge in [-0.15, -0.1) is 0 Å². The van der Waals surface area contributed by atoms with Gasteiger partial charge in [-0.3, -0.25) is 9.59 Å². The Morgan fingerprint density at radius 3 is 2.30 bits per heavy atom. The number of carbonyl (C=O) groups excluding carboxylic acids is 2. The van der Waals surface area contributed by atoms with Crippen LogP contribution in [0.4, 0.5) is 0 Å². The van der Waals surface area contributed by atoms with Crippen molar-refractivity contribution in [1.82, 2.24) is 9.80 Å². The zero-order valence-corrected chi connectivity index (χ0v) is 19.3. The van der Waals surface area contributed by atoms with Gasteiger partial charge < -0.3 is 24.4 Å². The second-order valence-electron chi connectivity index (χ2n) is 8.05. The normalized spacial score (nSPS) is 17.5. The fraction of sp³-hybridized carbons (Fsp3) is 0.308. The largest absolute Gasteiger partial charge is 0.507 e. The van der Waals surface area contributed by atoms with E-state index in [-0.39, 0.29) is 11.3 Å². The van der Waals surface area contributed by atoms with Crippen molar-refractivity contribution in [3.8, 4) is 11.5 Å². The lowest BCUT2D eigenvalue weighted by atomic mass is 9.95. The highest BCUT2D eigenvalue weighted by molar-refractivity contribution is 6.46. The van der Waals surface area contributed by atoms with Crippen molar-refractivity contribution >= 4 is 17.4 Å². The number of Topliss-reactive ketones (excluding diaryl/α,β-unsaturated/α-hetero) is 1. The van der Waals surface area contributed by atoms with E-state index in [1.54, 1.807) is 54.5 Å². The van der Waals surface area contributed by atoms with Crippen LogP contribution in [0.15, 0.2) is 66.8 Å². The summed E-state index contributed by atoms with van der Waals surface area (Å²) < 4.78 is 10.7. The molecule has 33 heavy (non-hydrogen) atoms. The van der Waals surface area contributed by atoms with Gasteiger partial charge in [-0.05, 0) is 69.0 Å². The van der Waals surface area contributed by atoms with Gasteiger partial charge in [0.2, 0.25) is 0 Å². The summed E-state index contributed by atoms with van der Waals surface area (Å²) in [7, 11) is 5.49. The minimum absolute atomic E-state index is 0.0785. The van der Waals surface area contributed by atoms with Crippen molar-refractivity contribution in [2.45, 2.75) is 12.5 Å². The summed E-state index contributed by atoms with van der Waals surface area (Å²) in [5.41, 5.74) is 1.24. The van der Waals surface area contributed by atoms with Crippen molar-refractivity contribution in [1.29, 1.82) is 0 Å². The molecule has 1 amide bonds. The first-order chi connectivity index (χ1) is 15.9. The SMILES string of the molecule is C=CCOc1ccc(C(O)=C2C(=O)C(=O)N(CCCN(C)C)[C@@H]2c2ccc(OC)cc2)cc1. The molecule has 1 fully saturated rings. The van der Waals surface area contributed by atoms with E-state index < -0.39 is 17.7 Å². The molecule has 3 rings (SSSR count). The number of aliphatic hydroxyl groups is 1. The van der Waals surface area contributed by atoms with Crippen LogP contribution in [0.3, 0.4) is 0 Å². The Hall–Kier alpha value is -3.58. The number of aliphatic hydroxyl groups excluding tert-OH is 1. The summed E-state index contributed by atoms with van der Waals surface area (Å²) in [6, 6.07) is 13.2. The first-order valence-electron chi connectivity index (χ1n) is 10.8. The number of carbonyl (C=O) groups is 2. The molecular formula is C26H30N2O5. The number of ether oxygens (including phenoxy) is 2. The maximum atomic E-state index is 13.1. The molecule has 1 atom stereocenters. The lowest BCUT2D eigenvalue weighted by molar-refractivity contribution is -0.139. The van der Waals surface area contributed by atoms with Gasteiger partial charge in [0.1, 0.15) is 23.9 Å². The lowest BCUT2D eigenvalue weighted by Crippen LogP contribution is -2.32. The molecule has 1 heterocycles. The van der Waals surface area contributed by atoms with E-state index in [9.17, 15) is 14.7 Å². The predicted octanol–water partition coefficient (Wildman–Crippen LogP) is 3.63. The lowest BCUT2D eigenvalue weighted by Gasteiger charge is -2.26. The predicted molar refractivity (Wildman–Crippen MR) is 127 cm³/mol. The fourth-order valence-electron chi connectivity index (χ4n) is 3.82. The van der Waals surface area contributed by atoms with Gasteiger partial charge >= 0.3 is 0 Å². The van der Waals surface area contributed by atoms with Crippen molar-refractivity contribution in [3.05, 3.63) is 77.9 Å². The molecule has 1 aliphatic heterocycles. The maximum Gasteiger partial charge on any atom is 0.295 e.